The summed E-state index contributed by atoms with van der Waals surface area (Å²) in [4.78, 5) is 23.0. The van der Waals surface area contributed by atoms with Crippen molar-refractivity contribution in [2.24, 2.45) is 5.10 Å². The molecule has 0 aliphatic heterocycles. The first-order chi connectivity index (χ1) is 12.4. The van der Waals surface area contributed by atoms with Crippen molar-refractivity contribution < 1.29 is 9.59 Å². The maximum atomic E-state index is 11.6. The van der Waals surface area contributed by atoms with E-state index >= 15 is 0 Å². The van der Waals surface area contributed by atoms with E-state index < -0.39 is 11.8 Å². The molecule has 0 saturated heterocycles. The van der Waals surface area contributed by atoms with Crippen LogP contribution in [0, 0.1) is 13.8 Å². The molecule has 0 fully saturated rings. The maximum Gasteiger partial charge on any atom is 0.329 e. The fraction of sp³-hybridized carbons (Fsp3) is 0.211. The molecule has 6 nitrogen and oxygen atoms in total. The third-order valence-corrected chi connectivity index (χ3v) is 3.82. The fourth-order valence-electron chi connectivity index (χ4n) is 2.22. The second-order valence-electron chi connectivity index (χ2n) is 5.73. The Bertz CT molecular complexity index is 849. The van der Waals surface area contributed by atoms with Crippen LogP contribution < -0.4 is 16.1 Å². The minimum atomic E-state index is -0.825. The summed E-state index contributed by atoms with van der Waals surface area (Å²) in [7, 11) is 0. The van der Waals surface area contributed by atoms with Gasteiger partial charge in [-0.05, 0) is 56.2 Å². The maximum absolute atomic E-state index is 11.6. The van der Waals surface area contributed by atoms with Gasteiger partial charge in [0.15, 0.2) is 0 Å². The van der Waals surface area contributed by atoms with Crippen LogP contribution in [0.4, 0.5) is 11.4 Å². The molecule has 0 aliphatic carbocycles. The van der Waals surface area contributed by atoms with E-state index in [1.807, 2.05) is 38.1 Å². The monoisotopic (exact) mass is 372 g/mol. The molecule has 0 unspecified atom stereocenters. The zero-order valence-electron chi connectivity index (χ0n) is 14.9. The molecule has 26 heavy (non-hydrogen) atoms. The molecule has 0 atom stereocenters. The first-order valence-corrected chi connectivity index (χ1v) is 8.53. The number of carbonyl (C=O) groups is 2. The number of amides is 2. The number of hydrogen-bond acceptors (Lipinski definition) is 4. The average Bonchev–Trinajstić information content (AvgIpc) is 2.60. The quantitative estimate of drug-likeness (QED) is 0.428. The molecule has 2 rings (SSSR count). The lowest BCUT2D eigenvalue weighted by Gasteiger charge is -2.13. The predicted octanol–water partition coefficient (Wildman–Crippen LogP) is 3.29. The van der Waals surface area contributed by atoms with Gasteiger partial charge in [-0.2, -0.15) is 5.10 Å². The van der Waals surface area contributed by atoms with Crippen LogP contribution in [0.3, 0.4) is 0 Å². The summed E-state index contributed by atoms with van der Waals surface area (Å²) in [5.74, 6) is -1.56. The Morgan fingerprint density at radius 2 is 1.85 bits per heavy atom. The number of rotatable bonds is 5. The van der Waals surface area contributed by atoms with E-state index in [0.717, 1.165) is 22.5 Å². The van der Waals surface area contributed by atoms with Gasteiger partial charge in [0.1, 0.15) is 0 Å². The van der Waals surface area contributed by atoms with Crippen molar-refractivity contribution in [3.8, 4) is 0 Å². The number of aryl methyl sites for hydroxylation is 2. The zero-order chi connectivity index (χ0) is 19.1. The molecular weight excluding hydrogens is 352 g/mol. The number of hydrazone groups is 1. The van der Waals surface area contributed by atoms with E-state index in [2.05, 4.69) is 21.2 Å². The lowest BCUT2D eigenvalue weighted by atomic mass is 10.1. The fourth-order valence-corrected chi connectivity index (χ4v) is 2.40. The van der Waals surface area contributed by atoms with E-state index in [-0.39, 0.29) is 0 Å². The van der Waals surface area contributed by atoms with Crippen LogP contribution in [-0.4, -0.2) is 24.6 Å². The van der Waals surface area contributed by atoms with Gasteiger partial charge in [-0.3, -0.25) is 9.59 Å². The largest absolute Gasteiger partial charge is 0.355 e. The van der Waals surface area contributed by atoms with Crippen molar-refractivity contribution >= 4 is 41.0 Å². The van der Waals surface area contributed by atoms with Crippen molar-refractivity contribution in [3.05, 3.63) is 58.1 Å². The number of benzene rings is 2. The van der Waals surface area contributed by atoms with Gasteiger partial charge < -0.3 is 10.6 Å². The van der Waals surface area contributed by atoms with Crippen LogP contribution in [0.1, 0.15) is 23.6 Å². The smallest absolute Gasteiger partial charge is 0.329 e. The zero-order valence-corrected chi connectivity index (χ0v) is 15.6. The van der Waals surface area contributed by atoms with Gasteiger partial charge in [0.25, 0.3) is 0 Å². The lowest BCUT2D eigenvalue weighted by Crippen LogP contribution is -2.37. The standard InChI is InChI=1S/C19H21ClN4O2/c1-4-21-18(25)19(26)24-22-11-14-10-15(20)7-8-16(14)23-17-9-12(2)5-6-13(17)3/h5-11,23H,4H2,1-3H3,(H,21,25)(H,24,26)/b22-11-. The second-order valence-corrected chi connectivity index (χ2v) is 6.17. The lowest BCUT2D eigenvalue weighted by molar-refractivity contribution is -0.139. The first kappa shape index (κ1) is 19.5. The molecule has 0 bridgehead atoms. The Balaban J connectivity index is 2.19. The summed E-state index contributed by atoms with van der Waals surface area (Å²) >= 11 is 6.07. The van der Waals surface area contributed by atoms with Crippen LogP contribution in [-0.2, 0) is 9.59 Å². The van der Waals surface area contributed by atoms with E-state index in [1.54, 1.807) is 19.1 Å². The molecule has 0 radical (unpaired) electrons. The molecule has 7 heteroatoms. The van der Waals surface area contributed by atoms with Crippen LogP contribution in [0.5, 0.6) is 0 Å². The van der Waals surface area contributed by atoms with Crippen molar-refractivity contribution in [1.29, 1.82) is 0 Å². The topological polar surface area (TPSA) is 82.6 Å². The highest BCUT2D eigenvalue weighted by Crippen LogP contribution is 2.26. The summed E-state index contributed by atoms with van der Waals surface area (Å²) in [6.07, 6.45) is 1.44. The van der Waals surface area contributed by atoms with Crippen LogP contribution >= 0.6 is 11.6 Å². The Hall–Kier alpha value is -2.86. The molecule has 0 aromatic heterocycles. The number of anilines is 2. The van der Waals surface area contributed by atoms with Crippen LogP contribution in [0.25, 0.3) is 0 Å². The molecule has 2 amide bonds. The first-order valence-electron chi connectivity index (χ1n) is 8.15. The molecule has 0 spiro atoms. The highest BCUT2D eigenvalue weighted by molar-refractivity contribution is 6.35. The van der Waals surface area contributed by atoms with Gasteiger partial charge >= 0.3 is 11.8 Å². The number of nitrogens with zero attached hydrogens (tertiary/aromatic N) is 1. The number of carbonyl (C=O) groups excluding carboxylic acids is 2. The molecule has 3 N–H and O–H groups in total. The van der Waals surface area contributed by atoms with Crippen molar-refractivity contribution in [2.75, 3.05) is 11.9 Å². The Kier molecular flexibility index (Phi) is 6.74. The predicted molar refractivity (Wildman–Crippen MR) is 105 cm³/mol. The minimum Gasteiger partial charge on any atom is -0.355 e. The second kappa shape index (κ2) is 9.01. The minimum absolute atomic E-state index is 0.369. The Labute approximate surface area is 157 Å². The third-order valence-electron chi connectivity index (χ3n) is 3.59. The molecule has 2 aromatic carbocycles. The molecular formula is C19H21ClN4O2. The van der Waals surface area contributed by atoms with Crippen LogP contribution in [0.15, 0.2) is 41.5 Å². The molecule has 0 saturated carbocycles. The van der Waals surface area contributed by atoms with E-state index in [0.29, 0.717) is 17.1 Å². The van der Waals surface area contributed by atoms with Crippen molar-refractivity contribution in [1.82, 2.24) is 10.7 Å². The van der Waals surface area contributed by atoms with Gasteiger partial charge in [-0.15, -0.1) is 0 Å². The summed E-state index contributed by atoms with van der Waals surface area (Å²) < 4.78 is 0. The van der Waals surface area contributed by atoms with Gasteiger partial charge in [-0.25, -0.2) is 5.43 Å². The van der Waals surface area contributed by atoms with Gasteiger partial charge in [-0.1, -0.05) is 23.7 Å². The number of hydrogen-bond donors (Lipinski definition) is 3. The van der Waals surface area contributed by atoms with E-state index in [1.165, 1.54) is 6.21 Å². The van der Waals surface area contributed by atoms with Gasteiger partial charge in [0, 0.05) is 28.5 Å². The Morgan fingerprint density at radius 1 is 1.08 bits per heavy atom. The Morgan fingerprint density at radius 3 is 2.58 bits per heavy atom. The normalized spacial score (nSPS) is 10.6. The summed E-state index contributed by atoms with van der Waals surface area (Å²) in [5.41, 5.74) is 6.84. The molecule has 0 aliphatic rings. The van der Waals surface area contributed by atoms with E-state index in [9.17, 15) is 9.59 Å². The highest BCUT2D eigenvalue weighted by Gasteiger charge is 2.10. The summed E-state index contributed by atoms with van der Waals surface area (Å²) in [5, 5.41) is 10.1. The molecule has 2 aromatic rings. The average molecular weight is 373 g/mol. The molecule has 0 heterocycles. The van der Waals surface area contributed by atoms with E-state index in [4.69, 9.17) is 11.6 Å². The summed E-state index contributed by atoms with van der Waals surface area (Å²) in [6, 6.07) is 11.4. The van der Waals surface area contributed by atoms with Gasteiger partial charge in [0.2, 0.25) is 0 Å². The number of nitrogens with one attached hydrogen (secondary N) is 3. The molecule has 136 valence electrons. The number of halogens is 1. The van der Waals surface area contributed by atoms with Crippen molar-refractivity contribution in [2.45, 2.75) is 20.8 Å². The van der Waals surface area contributed by atoms with Gasteiger partial charge in [0.05, 0.1) is 6.21 Å². The summed E-state index contributed by atoms with van der Waals surface area (Å²) in [6.45, 7) is 6.13. The highest BCUT2D eigenvalue weighted by atomic mass is 35.5. The van der Waals surface area contributed by atoms with Crippen LogP contribution in [0.2, 0.25) is 5.02 Å². The van der Waals surface area contributed by atoms with Crippen molar-refractivity contribution in [3.63, 3.8) is 0 Å². The number of likely N-dealkylation sites (N-methyl/N-ethyl adjacent to an activating group) is 1. The SMILES string of the molecule is CCNC(=O)C(=O)N/N=C\c1cc(Cl)ccc1Nc1cc(C)ccc1C. The third kappa shape index (κ3) is 5.32.